The molecular formula is C18H24ClNO3. The van der Waals surface area contributed by atoms with Gasteiger partial charge < -0.3 is 9.64 Å². The summed E-state index contributed by atoms with van der Waals surface area (Å²) in [7, 11) is 1.35. The van der Waals surface area contributed by atoms with Crippen LogP contribution < -0.4 is 0 Å². The molecule has 0 bridgehead atoms. The van der Waals surface area contributed by atoms with Gasteiger partial charge in [-0.25, -0.2) is 0 Å². The fraction of sp³-hybridized carbons (Fsp3) is 0.444. The molecule has 1 rings (SSSR count). The summed E-state index contributed by atoms with van der Waals surface area (Å²) in [4.78, 5) is 25.5. The minimum Gasteiger partial charge on any atom is -0.469 e. The second-order valence-corrected chi connectivity index (χ2v) is 5.93. The molecule has 5 heteroatoms. The molecule has 0 aliphatic rings. The van der Waals surface area contributed by atoms with Crippen LogP contribution in [0.4, 0.5) is 0 Å². The average Bonchev–Trinajstić information content (AvgIpc) is 2.55. The van der Waals surface area contributed by atoms with Gasteiger partial charge in [0.1, 0.15) is 0 Å². The van der Waals surface area contributed by atoms with Crippen molar-refractivity contribution >= 4 is 23.5 Å². The maximum absolute atomic E-state index is 12.3. The largest absolute Gasteiger partial charge is 0.469 e. The Labute approximate surface area is 143 Å². The van der Waals surface area contributed by atoms with E-state index in [9.17, 15) is 9.59 Å². The summed E-state index contributed by atoms with van der Waals surface area (Å²) in [5, 5.41) is 0.707. The van der Waals surface area contributed by atoms with Crippen LogP contribution in [-0.2, 0) is 20.7 Å². The van der Waals surface area contributed by atoms with E-state index in [1.54, 1.807) is 17.9 Å². The van der Waals surface area contributed by atoms with E-state index in [0.29, 0.717) is 24.5 Å². The molecule has 1 aromatic carbocycles. The number of aryl methyl sites for hydroxylation is 1. The van der Waals surface area contributed by atoms with Gasteiger partial charge in [-0.2, -0.15) is 0 Å². The highest BCUT2D eigenvalue weighted by Gasteiger charge is 2.20. The fourth-order valence-electron chi connectivity index (χ4n) is 2.29. The van der Waals surface area contributed by atoms with Gasteiger partial charge in [0.25, 0.3) is 0 Å². The molecule has 0 saturated carbocycles. The molecule has 0 heterocycles. The van der Waals surface area contributed by atoms with Crippen molar-refractivity contribution in [2.24, 2.45) is 5.92 Å². The van der Waals surface area contributed by atoms with Crippen LogP contribution in [0.2, 0.25) is 5.02 Å². The number of benzene rings is 1. The number of halogens is 1. The Hall–Kier alpha value is -1.81. The van der Waals surface area contributed by atoms with Crippen LogP contribution in [0.1, 0.15) is 25.3 Å². The summed E-state index contributed by atoms with van der Waals surface area (Å²) in [6.45, 7) is 6.20. The molecule has 1 unspecified atom stereocenters. The van der Waals surface area contributed by atoms with Crippen molar-refractivity contribution in [3.8, 4) is 0 Å². The Morgan fingerprint density at radius 1 is 1.35 bits per heavy atom. The Kier molecular flexibility index (Phi) is 8.41. The summed E-state index contributed by atoms with van der Waals surface area (Å²) < 4.78 is 4.71. The van der Waals surface area contributed by atoms with Gasteiger partial charge in [-0.1, -0.05) is 36.7 Å². The normalized spacial score (nSPS) is 11.6. The standard InChI is InChI=1S/C18H24ClNO3/c1-4-12-20(13-14(2)18(22)23-3)17(21)7-5-6-15-8-10-16(19)11-9-15/h4,8-11,14H,1,5-7,12-13H2,2-3H3. The number of carbonyl (C=O) groups is 2. The smallest absolute Gasteiger partial charge is 0.310 e. The molecule has 4 nitrogen and oxygen atoms in total. The first-order valence-electron chi connectivity index (χ1n) is 7.68. The van der Waals surface area contributed by atoms with E-state index in [1.165, 1.54) is 7.11 Å². The Morgan fingerprint density at radius 3 is 2.57 bits per heavy atom. The summed E-state index contributed by atoms with van der Waals surface area (Å²) in [5.41, 5.74) is 1.15. The molecule has 0 fully saturated rings. The lowest BCUT2D eigenvalue weighted by Gasteiger charge is -2.23. The Balaban J connectivity index is 2.48. The number of ether oxygens (including phenoxy) is 1. The van der Waals surface area contributed by atoms with E-state index in [0.717, 1.165) is 18.4 Å². The SMILES string of the molecule is C=CCN(CC(C)C(=O)OC)C(=O)CCCc1ccc(Cl)cc1. The number of rotatable bonds is 9. The van der Waals surface area contributed by atoms with Gasteiger partial charge in [-0.3, -0.25) is 9.59 Å². The summed E-state index contributed by atoms with van der Waals surface area (Å²) >= 11 is 5.85. The average molecular weight is 338 g/mol. The van der Waals surface area contributed by atoms with E-state index >= 15 is 0 Å². The number of hydrogen-bond donors (Lipinski definition) is 0. The maximum atomic E-state index is 12.3. The highest BCUT2D eigenvalue weighted by atomic mass is 35.5. The van der Waals surface area contributed by atoms with E-state index in [4.69, 9.17) is 16.3 Å². The van der Waals surface area contributed by atoms with E-state index in [-0.39, 0.29) is 17.8 Å². The van der Waals surface area contributed by atoms with Gasteiger partial charge >= 0.3 is 5.97 Å². The fourth-order valence-corrected chi connectivity index (χ4v) is 2.42. The molecule has 0 aromatic heterocycles. The summed E-state index contributed by atoms with van der Waals surface area (Å²) in [6.07, 6.45) is 3.67. The van der Waals surface area contributed by atoms with Crippen molar-refractivity contribution in [3.05, 3.63) is 47.5 Å². The van der Waals surface area contributed by atoms with Crippen LogP contribution in [-0.4, -0.2) is 37.0 Å². The third kappa shape index (κ3) is 6.87. The van der Waals surface area contributed by atoms with Gasteiger partial charge in [0.2, 0.25) is 5.91 Å². The second-order valence-electron chi connectivity index (χ2n) is 5.49. The van der Waals surface area contributed by atoms with Gasteiger partial charge in [0.15, 0.2) is 0 Å². The lowest BCUT2D eigenvalue weighted by molar-refractivity contribution is -0.146. The van der Waals surface area contributed by atoms with Crippen LogP contribution in [0.5, 0.6) is 0 Å². The highest BCUT2D eigenvalue weighted by molar-refractivity contribution is 6.30. The Morgan fingerprint density at radius 2 is 2.00 bits per heavy atom. The number of carbonyl (C=O) groups excluding carboxylic acids is 2. The molecule has 126 valence electrons. The van der Waals surface area contributed by atoms with E-state index in [2.05, 4.69) is 6.58 Å². The van der Waals surface area contributed by atoms with Crippen molar-refractivity contribution < 1.29 is 14.3 Å². The van der Waals surface area contributed by atoms with Crippen LogP contribution in [0.3, 0.4) is 0 Å². The first kappa shape index (κ1) is 19.2. The van der Waals surface area contributed by atoms with Crippen molar-refractivity contribution in [3.63, 3.8) is 0 Å². The highest BCUT2D eigenvalue weighted by Crippen LogP contribution is 2.13. The minimum absolute atomic E-state index is 0.0228. The van der Waals surface area contributed by atoms with E-state index in [1.807, 2.05) is 24.3 Å². The molecule has 1 amide bonds. The third-order valence-corrected chi connectivity index (χ3v) is 3.82. The van der Waals surface area contributed by atoms with Crippen LogP contribution >= 0.6 is 11.6 Å². The van der Waals surface area contributed by atoms with E-state index < -0.39 is 0 Å². The van der Waals surface area contributed by atoms with Crippen LogP contribution in [0, 0.1) is 5.92 Å². The second kappa shape index (κ2) is 10.1. The zero-order valence-corrected chi connectivity index (χ0v) is 14.5. The summed E-state index contributed by atoms with van der Waals surface area (Å²) in [5.74, 6) is -0.636. The van der Waals surface area contributed by atoms with Crippen molar-refractivity contribution in [1.82, 2.24) is 4.90 Å². The summed E-state index contributed by atoms with van der Waals surface area (Å²) in [6, 6.07) is 7.63. The molecule has 1 atom stereocenters. The molecule has 0 radical (unpaired) electrons. The van der Waals surface area contributed by atoms with Gasteiger partial charge in [-0.15, -0.1) is 6.58 Å². The quantitative estimate of drug-likeness (QED) is 0.512. The predicted octanol–water partition coefficient (Wildman–Crippen LogP) is 3.49. The van der Waals surface area contributed by atoms with Gasteiger partial charge in [0, 0.05) is 24.5 Å². The molecular weight excluding hydrogens is 314 g/mol. The van der Waals surface area contributed by atoms with Crippen molar-refractivity contribution in [2.75, 3.05) is 20.2 Å². The monoisotopic (exact) mass is 337 g/mol. The van der Waals surface area contributed by atoms with Crippen molar-refractivity contribution in [1.29, 1.82) is 0 Å². The molecule has 23 heavy (non-hydrogen) atoms. The lowest BCUT2D eigenvalue weighted by Crippen LogP contribution is -2.37. The van der Waals surface area contributed by atoms with Crippen LogP contribution in [0.15, 0.2) is 36.9 Å². The lowest BCUT2D eigenvalue weighted by atomic mass is 10.1. The number of hydrogen-bond acceptors (Lipinski definition) is 3. The van der Waals surface area contributed by atoms with Gasteiger partial charge in [-0.05, 0) is 30.5 Å². The topological polar surface area (TPSA) is 46.6 Å². The number of methoxy groups -OCH3 is 1. The predicted molar refractivity (Wildman–Crippen MR) is 92.3 cm³/mol. The Bertz CT molecular complexity index is 528. The van der Waals surface area contributed by atoms with Gasteiger partial charge in [0.05, 0.1) is 13.0 Å². The molecule has 0 aliphatic carbocycles. The minimum atomic E-state index is -0.347. The first-order valence-corrected chi connectivity index (χ1v) is 8.06. The third-order valence-electron chi connectivity index (χ3n) is 3.57. The molecule has 1 aromatic rings. The zero-order valence-electron chi connectivity index (χ0n) is 13.8. The maximum Gasteiger partial charge on any atom is 0.310 e. The molecule has 0 spiro atoms. The van der Waals surface area contributed by atoms with Crippen LogP contribution in [0.25, 0.3) is 0 Å². The molecule has 0 saturated heterocycles. The molecule has 0 N–H and O–H groups in total. The number of esters is 1. The number of amides is 1. The zero-order chi connectivity index (χ0) is 17.2. The number of nitrogens with zero attached hydrogens (tertiary/aromatic N) is 1. The molecule has 0 aliphatic heterocycles. The first-order chi connectivity index (χ1) is 11.0. The van der Waals surface area contributed by atoms with Crippen molar-refractivity contribution in [2.45, 2.75) is 26.2 Å².